The third kappa shape index (κ3) is 1.68. The van der Waals surface area contributed by atoms with Gasteiger partial charge in [0.2, 0.25) is 0 Å². The van der Waals surface area contributed by atoms with E-state index < -0.39 is 11.2 Å². The number of Topliss-reactive ketones (excluding diaryl/α,β-unsaturated/α-hetero) is 1. The Hall–Kier alpha value is -0.940. The number of carbonyl (C=O) groups is 2. The van der Waals surface area contributed by atoms with Crippen LogP contribution in [0.4, 0.5) is 0 Å². The second-order valence-electron chi connectivity index (χ2n) is 4.94. The third-order valence-electron chi connectivity index (χ3n) is 4.08. The lowest BCUT2D eigenvalue weighted by molar-refractivity contribution is -0.239. The van der Waals surface area contributed by atoms with Crippen LogP contribution in [-0.4, -0.2) is 37.9 Å². The number of ketones is 1. The summed E-state index contributed by atoms with van der Waals surface area (Å²) in [5.41, 5.74) is -0.625. The molecule has 0 aromatic carbocycles. The van der Waals surface area contributed by atoms with Gasteiger partial charge in [-0.05, 0) is 13.3 Å². The van der Waals surface area contributed by atoms with Gasteiger partial charge in [-0.1, -0.05) is 0 Å². The van der Waals surface area contributed by atoms with Crippen LogP contribution in [0, 0.1) is 5.41 Å². The summed E-state index contributed by atoms with van der Waals surface area (Å²) in [6.45, 7) is 1.86. The largest absolute Gasteiger partial charge is 0.469 e. The molecular formula is C12H18O5. The molecule has 1 heterocycles. The molecule has 0 radical (unpaired) electrons. The summed E-state index contributed by atoms with van der Waals surface area (Å²) in [6, 6.07) is 0. The zero-order chi connectivity index (χ0) is 12.7. The lowest BCUT2D eigenvalue weighted by atomic mass is 9.80. The van der Waals surface area contributed by atoms with Crippen LogP contribution in [0.2, 0.25) is 0 Å². The van der Waals surface area contributed by atoms with E-state index in [-0.39, 0.29) is 24.3 Å². The summed E-state index contributed by atoms with van der Waals surface area (Å²) < 4.78 is 15.9. The molecule has 96 valence electrons. The Morgan fingerprint density at radius 1 is 1.53 bits per heavy atom. The van der Waals surface area contributed by atoms with Crippen molar-refractivity contribution in [2.45, 2.75) is 44.5 Å². The smallest absolute Gasteiger partial charge is 0.308 e. The molecule has 5 heteroatoms. The molecule has 0 spiro atoms. The number of ether oxygens (including phenoxy) is 3. The molecule has 5 nitrogen and oxygen atoms in total. The standard InChI is InChI=1S/C12H18O5/c1-11-7-8(6-10(14)15-2)17-12(11,16-3)5-4-9(11)13/h8H,4-7H2,1-3H3/t8?,11-,12+/m1/s1. The number of fused-ring (bicyclic) bond motifs is 1. The Balaban J connectivity index is 2.16. The summed E-state index contributed by atoms with van der Waals surface area (Å²) in [4.78, 5) is 23.2. The van der Waals surface area contributed by atoms with E-state index in [0.717, 1.165) is 0 Å². The van der Waals surface area contributed by atoms with Crippen molar-refractivity contribution < 1.29 is 23.8 Å². The van der Waals surface area contributed by atoms with E-state index in [1.54, 1.807) is 7.11 Å². The highest BCUT2D eigenvalue weighted by Crippen LogP contribution is 2.55. The van der Waals surface area contributed by atoms with Gasteiger partial charge in [0.05, 0.1) is 25.0 Å². The zero-order valence-corrected chi connectivity index (χ0v) is 10.4. The molecule has 1 aliphatic carbocycles. The Kier molecular flexibility index (Phi) is 2.99. The first-order valence-corrected chi connectivity index (χ1v) is 5.80. The molecule has 0 aromatic heterocycles. The van der Waals surface area contributed by atoms with Crippen molar-refractivity contribution in [2.75, 3.05) is 14.2 Å². The van der Waals surface area contributed by atoms with Gasteiger partial charge in [-0.25, -0.2) is 0 Å². The molecule has 1 saturated heterocycles. The maximum atomic E-state index is 12.0. The van der Waals surface area contributed by atoms with Gasteiger partial charge >= 0.3 is 5.97 Å². The average molecular weight is 242 g/mol. The summed E-state index contributed by atoms with van der Waals surface area (Å²) in [6.07, 6.45) is 1.45. The predicted octanol–water partition coefficient (Wildman–Crippen LogP) is 1.05. The molecule has 0 amide bonds. The molecule has 1 unspecified atom stereocenters. The monoisotopic (exact) mass is 242 g/mol. The predicted molar refractivity (Wildman–Crippen MR) is 58.2 cm³/mol. The molecule has 17 heavy (non-hydrogen) atoms. The van der Waals surface area contributed by atoms with Gasteiger partial charge in [-0.2, -0.15) is 0 Å². The number of rotatable bonds is 3. The van der Waals surface area contributed by atoms with E-state index in [1.165, 1.54) is 7.11 Å². The number of methoxy groups -OCH3 is 2. The van der Waals surface area contributed by atoms with E-state index in [1.807, 2.05) is 6.92 Å². The number of hydrogen-bond acceptors (Lipinski definition) is 5. The summed E-state index contributed by atoms with van der Waals surface area (Å²) in [5, 5.41) is 0. The average Bonchev–Trinajstić information content (AvgIpc) is 2.71. The molecule has 1 saturated carbocycles. The molecule has 2 aliphatic rings. The maximum Gasteiger partial charge on any atom is 0.308 e. The van der Waals surface area contributed by atoms with E-state index in [9.17, 15) is 9.59 Å². The maximum absolute atomic E-state index is 12.0. The Bertz CT molecular complexity index is 353. The summed E-state index contributed by atoms with van der Waals surface area (Å²) >= 11 is 0. The summed E-state index contributed by atoms with van der Waals surface area (Å²) in [5.74, 6) is -1.01. The highest BCUT2D eigenvalue weighted by Gasteiger charge is 2.65. The molecular weight excluding hydrogens is 224 g/mol. The van der Waals surface area contributed by atoms with Gasteiger partial charge < -0.3 is 14.2 Å². The highest BCUT2D eigenvalue weighted by molar-refractivity contribution is 5.88. The highest BCUT2D eigenvalue weighted by atomic mass is 16.7. The molecule has 0 N–H and O–H groups in total. The van der Waals surface area contributed by atoms with Gasteiger partial charge in [0, 0.05) is 20.0 Å². The zero-order valence-electron chi connectivity index (χ0n) is 10.4. The third-order valence-corrected chi connectivity index (χ3v) is 4.08. The fourth-order valence-electron chi connectivity index (χ4n) is 3.03. The first-order valence-electron chi connectivity index (χ1n) is 5.80. The van der Waals surface area contributed by atoms with Crippen molar-refractivity contribution in [3.05, 3.63) is 0 Å². The van der Waals surface area contributed by atoms with Gasteiger partial charge in [0.15, 0.2) is 5.79 Å². The first kappa shape index (κ1) is 12.5. The van der Waals surface area contributed by atoms with Crippen molar-refractivity contribution in [3.8, 4) is 0 Å². The molecule has 2 rings (SSSR count). The molecule has 3 atom stereocenters. The van der Waals surface area contributed by atoms with Crippen molar-refractivity contribution in [3.63, 3.8) is 0 Å². The summed E-state index contributed by atoms with van der Waals surface area (Å²) in [7, 11) is 2.90. The quantitative estimate of drug-likeness (QED) is 0.692. The van der Waals surface area contributed by atoms with Gasteiger partial charge in [-0.3, -0.25) is 9.59 Å². The van der Waals surface area contributed by atoms with E-state index in [2.05, 4.69) is 4.74 Å². The number of carbonyl (C=O) groups excluding carboxylic acids is 2. The second kappa shape index (κ2) is 4.07. The van der Waals surface area contributed by atoms with Crippen LogP contribution in [0.1, 0.15) is 32.6 Å². The molecule has 0 aromatic rings. The normalized spacial score (nSPS) is 40.4. The molecule has 1 aliphatic heterocycles. The van der Waals surface area contributed by atoms with Crippen LogP contribution in [0.25, 0.3) is 0 Å². The Morgan fingerprint density at radius 3 is 2.76 bits per heavy atom. The first-order chi connectivity index (χ1) is 7.97. The second-order valence-corrected chi connectivity index (χ2v) is 4.94. The Labute approximate surface area is 100 Å². The minimum absolute atomic E-state index is 0.159. The van der Waals surface area contributed by atoms with E-state index in [0.29, 0.717) is 19.3 Å². The SMILES string of the molecule is COC(=O)CC1C[C@]2(C)C(=O)CC[C@]2(OC)O1. The van der Waals surface area contributed by atoms with Gasteiger partial charge in [0.1, 0.15) is 5.78 Å². The number of hydrogen-bond donors (Lipinski definition) is 0. The van der Waals surface area contributed by atoms with Crippen LogP contribution < -0.4 is 0 Å². The fourth-order valence-corrected chi connectivity index (χ4v) is 3.03. The lowest BCUT2D eigenvalue weighted by Crippen LogP contribution is -2.43. The minimum atomic E-state index is -0.844. The topological polar surface area (TPSA) is 61.8 Å². The van der Waals surface area contributed by atoms with Gasteiger partial charge in [-0.15, -0.1) is 0 Å². The van der Waals surface area contributed by atoms with Crippen LogP contribution in [-0.2, 0) is 23.8 Å². The van der Waals surface area contributed by atoms with Crippen molar-refractivity contribution in [2.24, 2.45) is 5.41 Å². The fraction of sp³-hybridized carbons (Fsp3) is 0.833. The van der Waals surface area contributed by atoms with Crippen LogP contribution in [0.15, 0.2) is 0 Å². The van der Waals surface area contributed by atoms with E-state index >= 15 is 0 Å². The van der Waals surface area contributed by atoms with Crippen LogP contribution >= 0.6 is 0 Å². The van der Waals surface area contributed by atoms with Crippen molar-refractivity contribution in [1.29, 1.82) is 0 Å². The molecule has 0 bridgehead atoms. The molecule has 2 fully saturated rings. The van der Waals surface area contributed by atoms with Gasteiger partial charge in [0.25, 0.3) is 0 Å². The Morgan fingerprint density at radius 2 is 2.24 bits per heavy atom. The minimum Gasteiger partial charge on any atom is -0.469 e. The van der Waals surface area contributed by atoms with Crippen LogP contribution in [0.3, 0.4) is 0 Å². The van der Waals surface area contributed by atoms with Crippen molar-refractivity contribution in [1.82, 2.24) is 0 Å². The van der Waals surface area contributed by atoms with E-state index in [4.69, 9.17) is 9.47 Å². The van der Waals surface area contributed by atoms with Crippen LogP contribution in [0.5, 0.6) is 0 Å². The lowest BCUT2D eigenvalue weighted by Gasteiger charge is -2.33. The number of esters is 1. The van der Waals surface area contributed by atoms with Crippen molar-refractivity contribution >= 4 is 11.8 Å².